The van der Waals surface area contributed by atoms with E-state index in [-0.39, 0.29) is 6.29 Å². The molecule has 0 aliphatic rings. The second-order valence-electron chi connectivity index (χ2n) is 2.80. The van der Waals surface area contributed by atoms with Gasteiger partial charge in [0.25, 0.3) is 0 Å². The van der Waals surface area contributed by atoms with Gasteiger partial charge in [-0.2, -0.15) is 0 Å². The summed E-state index contributed by atoms with van der Waals surface area (Å²) in [5, 5.41) is 0. The highest BCUT2D eigenvalue weighted by Gasteiger charge is 2.15. The maximum absolute atomic E-state index is 5.50. The molecule has 0 unspecified atom stereocenters. The van der Waals surface area contributed by atoms with Crippen molar-refractivity contribution in [3.8, 4) is 0 Å². The molecular formula is C10H15BrO2S. The summed E-state index contributed by atoms with van der Waals surface area (Å²) in [6.07, 6.45) is -0.208. The molecule has 1 aromatic rings. The minimum atomic E-state index is -0.208. The molecule has 14 heavy (non-hydrogen) atoms. The number of hydrogen-bond donors (Lipinski definition) is 0. The van der Waals surface area contributed by atoms with Crippen LogP contribution in [0.1, 0.15) is 29.9 Å². The zero-order valence-electron chi connectivity index (χ0n) is 8.67. The van der Waals surface area contributed by atoms with Crippen molar-refractivity contribution in [2.45, 2.75) is 27.1 Å². The Labute approximate surface area is 97.4 Å². The quantitative estimate of drug-likeness (QED) is 0.761. The maximum atomic E-state index is 5.50. The molecular weight excluding hydrogens is 264 g/mol. The maximum Gasteiger partial charge on any atom is 0.193 e. The lowest BCUT2D eigenvalue weighted by atomic mass is 10.4. The zero-order chi connectivity index (χ0) is 10.6. The average molecular weight is 279 g/mol. The smallest absolute Gasteiger partial charge is 0.193 e. The summed E-state index contributed by atoms with van der Waals surface area (Å²) in [4.78, 5) is 2.38. The van der Waals surface area contributed by atoms with Crippen LogP contribution in [-0.4, -0.2) is 13.2 Å². The van der Waals surface area contributed by atoms with Crippen molar-refractivity contribution in [2.75, 3.05) is 13.2 Å². The molecule has 4 heteroatoms. The Morgan fingerprint density at radius 3 is 2.29 bits per heavy atom. The second kappa shape index (κ2) is 5.85. The van der Waals surface area contributed by atoms with Crippen LogP contribution in [-0.2, 0) is 9.47 Å². The number of aryl methyl sites for hydroxylation is 1. The molecule has 80 valence electrons. The van der Waals surface area contributed by atoms with E-state index in [0.717, 1.165) is 9.35 Å². The van der Waals surface area contributed by atoms with Crippen LogP contribution < -0.4 is 0 Å². The van der Waals surface area contributed by atoms with E-state index in [1.54, 1.807) is 11.3 Å². The number of thiophene rings is 1. The molecule has 1 rings (SSSR count). The van der Waals surface area contributed by atoms with Gasteiger partial charge in [0.1, 0.15) is 0 Å². The second-order valence-corrected chi connectivity index (χ2v) is 4.94. The third-order valence-corrected chi connectivity index (χ3v) is 3.90. The van der Waals surface area contributed by atoms with Crippen molar-refractivity contribution >= 4 is 27.3 Å². The lowest BCUT2D eigenvalue weighted by Gasteiger charge is -2.14. The topological polar surface area (TPSA) is 18.5 Å². The van der Waals surface area contributed by atoms with Crippen LogP contribution in [0.5, 0.6) is 0 Å². The average Bonchev–Trinajstić information content (AvgIpc) is 2.47. The Morgan fingerprint density at radius 1 is 1.36 bits per heavy atom. The van der Waals surface area contributed by atoms with E-state index in [1.165, 1.54) is 4.88 Å². The predicted molar refractivity (Wildman–Crippen MR) is 62.7 cm³/mol. The standard InChI is InChI=1S/C10H15BrO2S/c1-4-12-10(13-5-2)9-6-8(11)7(3)14-9/h6,10H,4-5H2,1-3H3. The minimum Gasteiger partial charge on any atom is -0.348 e. The molecule has 0 fully saturated rings. The molecule has 0 aromatic carbocycles. The van der Waals surface area contributed by atoms with Gasteiger partial charge < -0.3 is 9.47 Å². The summed E-state index contributed by atoms with van der Waals surface area (Å²) in [6, 6.07) is 2.07. The molecule has 0 N–H and O–H groups in total. The number of ether oxygens (including phenoxy) is 2. The number of halogens is 1. The monoisotopic (exact) mass is 278 g/mol. The van der Waals surface area contributed by atoms with Gasteiger partial charge in [0.2, 0.25) is 0 Å². The third kappa shape index (κ3) is 3.05. The van der Waals surface area contributed by atoms with E-state index in [2.05, 4.69) is 28.9 Å². The predicted octanol–water partition coefficient (Wildman–Crippen LogP) is 3.89. The first kappa shape index (κ1) is 12.2. The highest BCUT2D eigenvalue weighted by molar-refractivity contribution is 9.10. The first-order valence-electron chi connectivity index (χ1n) is 4.68. The molecule has 0 aliphatic carbocycles. The van der Waals surface area contributed by atoms with E-state index in [4.69, 9.17) is 9.47 Å². The first-order chi connectivity index (χ1) is 6.69. The Kier molecular flexibility index (Phi) is 5.09. The fraction of sp³-hybridized carbons (Fsp3) is 0.600. The Hall–Kier alpha value is 0.1000. The van der Waals surface area contributed by atoms with Gasteiger partial charge in [0.15, 0.2) is 6.29 Å². The lowest BCUT2D eigenvalue weighted by molar-refractivity contribution is -0.138. The summed E-state index contributed by atoms with van der Waals surface area (Å²) >= 11 is 5.19. The fourth-order valence-corrected chi connectivity index (χ4v) is 2.67. The van der Waals surface area contributed by atoms with E-state index < -0.39 is 0 Å². The van der Waals surface area contributed by atoms with Crippen molar-refractivity contribution in [3.05, 3.63) is 20.3 Å². The largest absolute Gasteiger partial charge is 0.348 e. The summed E-state index contributed by atoms with van der Waals surface area (Å²) in [5.41, 5.74) is 0. The highest BCUT2D eigenvalue weighted by Crippen LogP contribution is 2.32. The van der Waals surface area contributed by atoms with Gasteiger partial charge in [-0.25, -0.2) is 0 Å². The van der Waals surface area contributed by atoms with Gasteiger partial charge in [-0.15, -0.1) is 11.3 Å². The van der Waals surface area contributed by atoms with E-state index >= 15 is 0 Å². The van der Waals surface area contributed by atoms with Crippen LogP contribution in [0.15, 0.2) is 10.5 Å². The van der Waals surface area contributed by atoms with Crippen molar-refractivity contribution in [2.24, 2.45) is 0 Å². The Morgan fingerprint density at radius 2 is 1.93 bits per heavy atom. The van der Waals surface area contributed by atoms with Gasteiger partial charge in [-0.3, -0.25) is 0 Å². The van der Waals surface area contributed by atoms with Gasteiger partial charge in [-0.05, 0) is 42.8 Å². The molecule has 0 aliphatic heterocycles. The summed E-state index contributed by atoms with van der Waals surface area (Å²) in [5.74, 6) is 0. The summed E-state index contributed by atoms with van der Waals surface area (Å²) < 4.78 is 12.1. The van der Waals surface area contributed by atoms with Crippen molar-refractivity contribution in [1.82, 2.24) is 0 Å². The van der Waals surface area contributed by atoms with E-state index in [1.807, 2.05) is 13.8 Å². The molecule has 0 saturated carbocycles. The molecule has 0 saturated heterocycles. The van der Waals surface area contributed by atoms with Crippen molar-refractivity contribution < 1.29 is 9.47 Å². The molecule has 0 radical (unpaired) electrons. The molecule has 1 aromatic heterocycles. The van der Waals surface area contributed by atoms with Gasteiger partial charge in [0, 0.05) is 22.6 Å². The van der Waals surface area contributed by atoms with Crippen LogP contribution in [0.3, 0.4) is 0 Å². The molecule has 2 nitrogen and oxygen atoms in total. The van der Waals surface area contributed by atoms with Crippen molar-refractivity contribution in [1.29, 1.82) is 0 Å². The summed E-state index contributed by atoms with van der Waals surface area (Å²) in [7, 11) is 0. The van der Waals surface area contributed by atoms with Crippen LogP contribution in [0, 0.1) is 6.92 Å². The zero-order valence-corrected chi connectivity index (χ0v) is 11.1. The van der Waals surface area contributed by atoms with E-state index in [9.17, 15) is 0 Å². The number of rotatable bonds is 5. The lowest BCUT2D eigenvalue weighted by Crippen LogP contribution is -2.06. The number of hydrogen-bond acceptors (Lipinski definition) is 3. The van der Waals surface area contributed by atoms with Crippen LogP contribution in [0.2, 0.25) is 0 Å². The van der Waals surface area contributed by atoms with E-state index in [0.29, 0.717) is 13.2 Å². The van der Waals surface area contributed by atoms with Crippen LogP contribution in [0.4, 0.5) is 0 Å². The fourth-order valence-electron chi connectivity index (χ4n) is 1.11. The third-order valence-electron chi connectivity index (χ3n) is 1.74. The molecule has 0 bridgehead atoms. The summed E-state index contributed by atoms with van der Waals surface area (Å²) in [6.45, 7) is 7.36. The minimum absolute atomic E-state index is 0.208. The van der Waals surface area contributed by atoms with Gasteiger partial charge in [0.05, 0.1) is 4.88 Å². The normalized spacial score (nSPS) is 11.2. The first-order valence-corrected chi connectivity index (χ1v) is 6.29. The van der Waals surface area contributed by atoms with Crippen LogP contribution in [0.25, 0.3) is 0 Å². The molecule has 0 spiro atoms. The SMILES string of the molecule is CCOC(OCC)c1cc(Br)c(C)s1. The molecule has 0 amide bonds. The Balaban J connectivity index is 2.76. The molecule has 0 atom stereocenters. The van der Waals surface area contributed by atoms with Crippen LogP contribution >= 0.6 is 27.3 Å². The van der Waals surface area contributed by atoms with Crippen molar-refractivity contribution in [3.63, 3.8) is 0 Å². The Bertz CT molecular complexity index is 260. The van der Waals surface area contributed by atoms with Gasteiger partial charge in [-0.1, -0.05) is 0 Å². The molecule has 1 heterocycles. The highest BCUT2D eigenvalue weighted by atomic mass is 79.9. The van der Waals surface area contributed by atoms with Gasteiger partial charge >= 0.3 is 0 Å².